The number of hydrogen-bond acceptors (Lipinski definition) is 5. The maximum atomic E-state index is 12.0. The summed E-state index contributed by atoms with van der Waals surface area (Å²) in [5.74, 6) is -0.188. The molecular formula is C17H17N3O2. The van der Waals surface area contributed by atoms with Gasteiger partial charge in [-0.15, -0.1) is 0 Å². The Morgan fingerprint density at radius 2 is 2.27 bits per heavy atom. The molecule has 0 spiro atoms. The number of fused-ring (bicyclic) bond motifs is 1. The van der Waals surface area contributed by atoms with Gasteiger partial charge in [0.25, 0.3) is 0 Å². The number of carbonyl (C=O) groups excluding carboxylic acids is 1. The van der Waals surface area contributed by atoms with Crippen molar-refractivity contribution in [1.82, 2.24) is 4.98 Å². The molecule has 1 atom stereocenters. The normalized spacial score (nSPS) is 18.0. The van der Waals surface area contributed by atoms with Crippen LogP contribution in [-0.4, -0.2) is 30.6 Å². The van der Waals surface area contributed by atoms with E-state index in [0.29, 0.717) is 5.69 Å². The molecule has 1 saturated heterocycles. The first kappa shape index (κ1) is 14.3. The second-order valence-corrected chi connectivity index (χ2v) is 5.40. The molecule has 0 bridgehead atoms. The van der Waals surface area contributed by atoms with Gasteiger partial charge in [-0.1, -0.05) is 0 Å². The van der Waals surface area contributed by atoms with Crippen molar-refractivity contribution in [3.05, 3.63) is 36.2 Å². The third kappa shape index (κ3) is 2.48. The molecule has 112 valence electrons. The fraction of sp³-hybridized carbons (Fsp3) is 0.353. The number of ether oxygens (including phenoxy) is 1. The van der Waals surface area contributed by atoms with E-state index in [-0.39, 0.29) is 12.0 Å². The number of methoxy groups -OCH3 is 1. The number of nitrogens with zero attached hydrogens (tertiary/aromatic N) is 3. The van der Waals surface area contributed by atoms with Crippen LogP contribution >= 0.6 is 0 Å². The molecule has 5 heteroatoms. The van der Waals surface area contributed by atoms with Crippen molar-refractivity contribution in [3.8, 4) is 6.07 Å². The highest BCUT2D eigenvalue weighted by atomic mass is 16.5. The monoisotopic (exact) mass is 295 g/mol. The minimum absolute atomic E-state index is 0.188. The Balaban J connectivity index is 2.02. The summed E-state index contributed by atoms with van der Waals surface area (Å²) < 4.78 is 4.93. The predicted octanol–water partition coefficient (Wildman–Crippen LogP) is 2.64. The van der Waals surface area contributed by atoms with Gasteiger partial charge < -0.3 is 9.64 Å². The number of hydrogen-bond donors (Lipinski definition) is 0. The van der Waals surface area contributed by atoms with Crippen molar-refractivity contribution >= 4 is 22.4 Å². The first-order valence-corrected chi connectivity index (χ1v) is 7.38. The van der Waals surface area contributed by atoms with E-state index in [4.69, 9.17) is 10.00 Å². The van der Waals surface area contributed by atoms with Gasteiger partial charge in [-0.2, -0.15) is 5.26 Å². The molecule has 22 heavy (non-hydrogen) atoms. The van der Waals surface area contributed by atoms with Crippen LogP contribution in [0.3, 0.4) is 0 Å². The van der Waals surface area contributed by atoms with Gasteiger partial charge in [0.2, 0.25) is 0 Å². The Labute approximate surface area is 129 Å². The average molecular weight is 295 g/mol. The number of aromatic nitrogens is 1. The number of esters is 1. The summed E-state index contributed by atoms with van der Waals surface area (Å²) in [6.45, 7) is 0.835. The van der Waals surface area contributed by atoms with Crippen molar-refractivity contribution in [1.29, 1.82) is 5.26 Å². The minimum Gasteiger partial charge on any atom is -0.467 e. The van der Waals surface area contributed by atoms with E-state index in [0.717, 1.165) is 42.3 Å². The van der Waals surface area contributed by atoms with Crippen LogP contribution in [0, 0.1) is 11.3 Å². The molecule has 2 aromatic rings. The number of benzene rings is 1. The fourth-order valence-electron chi connectivity index (χ4n) is 3.05. The van der Waals surface area contributed by atoms with Crippen molar-refractivity contribution in [2.75, 3.05) is 18.6 Å². The number of carbonyl (C=O) groups is 1. The zero-order chi connectivity index (χ0) is 15.5. The largest absolute Gasteiger partial charge is 0.467 e. The van der Waals surface area contributed by atoms with Crippen LogP contribution < -0.4 is 4.90 Å². The second kappa shape index (κ2) is 6.02. The molecule has 1 fully saturated rings. The van der Waals surface area contributed by atoms with Crippen LogP contribution in [0.5, 0.6) is 0 Å². The standard InChI is InChI=1S/C17H17N3O2/c1-22-17(21)16-4-2-3-9-20(16)13-5-6-14-12(10-13)7-8-19-15(14)11-18/h5-8,10,16H,2-4,9H2,1H3/t16-/m1/s1. The molecule has 0 amide bonds. The second-order valence-electron chi connectivity index (χ2n) is 5.40. The van der Waals surface area contributed by atoms with Crippen LogP contribution in [0.1, 0.15) is 25.0 Å². The Bertz CT molecular complexity index is 751. The van der Waals surface area contributed by atoms with Crippen LogP contribution in [-0.2, 0) is 9.53 Å². The van der Waals surface area contributed by atoms with E-state index in [1.54, 1.807) is 6.20 Å². The van der Waals surface area contributed by atoms with Gasteiger partial charge in [0.15, 0.2) is 0 Å². The summed E-state index contributed by atoms with van der Waals surface area (Å²) in [5.41, 5.74) is 1.41. The summed E-state index contributed by atoms with van der Waals surface area (Å²) >= 11 is 0. The maximum absolute atomic E-state index is 12.0. The third-order valence-corrected chi connectivity index (χ3v) is 4.16. The molecule has 1 aromatic carbocycles. The number of pyridine rings is 1. The Morgan fingerprint density at radius 3 is 3.05 bits per heavy atom. The maximum Gasteiger partial charge on any atom is 0.328 e. The Hall–Kier alpha value is -2.61. The summed E-state index contributed by atoms with van der Waals surface area (Å²) in [5, 5.41) is 10.9. The molecule has 0 saturated carbocycles. The number of rotatable bonds is 2. The fourth-order valence-corrected chi connectivity index (χ4v) is 3.05. The smallest absolute Gasteiger partial charge is 0.328 e. The quantitative estimate of drug-likeness (QED) is 0.797. The van der Waals surface area contributed by atoms with E-state index in [9.17, 15) is 4.79 Å². The van der Waals surface area contributed by atoms with Crippen LogP contribution in [0.2, 0.25) is 0 Å². The van der Waals surface area contributed by atoms with Crippen LogP contribution in [0.25, 0.3) is 10.8 Å². The molecule has 0 N–H and O–H groups in total. The van der Waals surface area contributed by atoms with E-state index < -0.39 is 0 Å². The van der Waals surface area contributed by atoms with Crippen LogP contribution in [0.4, 0.5) is 5.69 Å². The zero-order valence-corrected chi connectivity index (χ0v) is 12.5. The molecule has 1 aromatic heterocycles. The number of anilines is 1. The van der Waals surface area contributed by atoms with Gasteiger partial charge in [-0.3, -0.25) is 0 Å². The zero-order valence-electron chi connectivity index (χ0n) is 12.5. The van der Waals surface area contributed by atoms with Crippen molar-refractivity contribution < 1.29 is 9.53 Å². The highest BCUT2D eigenvalue weighted by molar-refractivity contribution is 5.90. The van der Waals surface area contributed by atoms with Gasteiger partial charge in [0, 0.05) is 23.8 Å². The number of nitriles is 1. The van der Waals surface area contributed by atoms with E-state index in [1.165, 1.54) is 7.11 Å². The highest BCUT2D eigenvalue weighted by Gasteiger charge is 2.29. The minimum atomic E-state index is -0.228. The van der Waals surface area contributed by atoms with Crippen LogP contribution in [0.15, 0.2) is 30.5 Å². The number of piperidine rings is 1. The van der Waals surface area contributed by atoms with E-state index in [2.05, 4.69) is 16.0 Å². The first-order valence-electron chi connectivity index (χ1n) is 7.38. The molecule has 3 rings (SSSR count). The van der Waals surface area contributed by atoms with E-state index in [1.807, 2.05) is 24.3 Å². The summed E-state index contributed by atoms with van der Waals surface area (Å²) in [6.07, 6.45) is 4.54. The predicted molar refractivity (Wildman–Crippen MR) is 83.5 cm³/mol. The van der Waals surface area contributed by atoms with Gasteiger partial charge in [-0.05, 0) is 48.9 Å². The lowest BCUT2D eigenvalue weighted by atomic mass is 10.00. The molecule has 5 nitrogen and oxygen atoms in total. The van der Waals surface area contributed by atoms with E-state index >= 15 is 0 Å². The molecule has 1 aliphatic heterocycles. The van der Waals surface area contributed by atoms with Gasteiger partial charge >= 0.3 is 5.97 Å². The van der Waals surface area contributed by atoms with Crippen molar-refractivity contribution in [3.63, 3.8) is 0 Å². The first-order chi connectivity index (χ1) is 10.7. The average Bonchev–Trinajstić information content (AvgIpc) is 2.60. The topological polar surface area (TPSA) is 66.2 Å². The summed E-state index contributed by atoms with van der Waals surface area (Å²) in [7, 11) is 1.43. The Morgan fingerprint density at radius 1 is 1.41 bits per heavy atom. The van der Waals surface area contributed by atoms with Crippen molar-refractivity contribution in [2.24, 2.45) is 0 Å². The summed E-state index contributed by atoms with van der Waals surface area (Å²) in [4.78, 5) is 18.2. The lowest BCUT2D eigenvalue weighted by Gasteiger charge is -2.35. The summed E-state index contributed by atoms with van der Waals surface area (Å²) in [6, 6.07) is 9.63. The van der Waals surface area contributed by atoms with Gasteiger partial charge in [0.05, 0.1) is 7.11 Å². The molecule has 1 aliphatic rings. The lowest BCUT2D eigenvalue weighted by molar-refractivity contribution is -0.142. The van der Waals surface area contributed by atoms with Gasteiger partial charge in [-0.25, -0.2) is 9.78 Å². The molecule has 0 aliphatic carbocycles. The SMILES string of the molecule is COC(=O)[C@H]1CCCCN1c1ccc2c(C#N)nccc2c1. The molecule has 2 heterocycles. The highest BCUT2D eigenvalue weighted by Crippen LogP contribution is 2.29. The third-order valence-electron chi connectivity index (χ3n) is 4.16. The molecule has 0 unspecified atom stereocenters. The Kier molecular flexibility index (Phi) is 3.92. The lowest BCUT2D eigenvalue weighted by Crippen LogP contribution is -2.45. The molecule has 0 radical (unpaired) electrons. The molecular weight excluding hydrogens is 278 g/mol. The van der Waals surface area contributed by atoms with Gasteiger partial charge in [0.1, 0.15) is 17.8 Å². The van der Waals surface area contributed by atoms with Crippen molar-refractivity contribution in [2.45, 2.75) is 25.3 Å².